The van der Waals surface area contributed by atoms with Crippen LogP contribution < -0.4 is 0 Å². The van der Waals surface area contributed by atoms with E-state index >= 15 is 0 Å². The summed E-state index contributed by atoms with van der Waals surface area (Å²) in [6.07, 6.45) is 53.4. The van der Waals surface area contributed by atoms with Crippen molar-refractivity contribution in [2.45, 2.75) is 310 Å². The lowest BCUT2D eigenvalue weighted by molar-refractivity contribution is -0.147. The maximum Gasteiger partial charge on any atom is 0.313 e. The zero-order valence-corrected chi connectivity index (χ0v) is 49.4. The third-order valence-corrected chi connectivity index (χ3v) is 16.6. The minimum Gasteiger partial charge on any atom is -0.465 e. The number of hydrogen-bond donors (Lipinski definition) is 2. The van der Waals surface area contributed by atoms with Gasteiger partial charge in [0, 0.05) is 9.73 Å². The van der Waals surface area contributed by atoms with Gasteiger partial charge in [-0.05, 0) is 39.5 Å². The lowest BCUT2D eigenvalue weighted by atomic mass is 9.90. The summed E-state index contributed by atoms with van der Waals surface area (Å²) >= 11 is 19.3. The van der Waals surface area contributed by atoms with E-state index in [0.717, 1.165) is 89.9 Å². The van der Waals surface area contributed by atoms with Gasteiger partial charge in [-0.3, -0.25) is 19.2 Å². The summed E-state index contributed by atoms with van der Waals surface area (Å²) in [5, 5.41) is -0.608. The van der Waals surface area contributed by atoms with Crippen LogP contribution in [0.1, 0.15) is 310 Å². The van der Waals surface area contributed by atoms with Crippen molar-refractivity contribution >= 4 is 81.6 Å². The Labute approximate surface area is 454 Å². The van der Waals surface area contributed by atoms with Crippen molar-refractivity contribution in [2.75, 3.05) is 13.2 Å². The largest absolute Gasteiger partial charge is 0.465 e. The zero-order chi connectivity index (χ0) is 51.7. The number of rotatable bonds is 55. The van der Waals surface area contributed by atoms with Crippen molar-refractivity contribution in [1.29, 1.82) is 0 Å². The summed E-state index contributed by atoms with van der Waals surface area (Å²) in [5.74, 6) is -2.75. The van der Waals surface area contributed by atoms with Gasteiger partial charge < -0.3 is 9.47 Å². The van der Waals surface area contributed by atoms with E-state index in [1.807, 2.05) is 0 Å². The molecule has 0 fully saturated rings. The highest BCUT2D eigenvalue weighted by Gasteiger charge is 2.31. The van der Waals surface area contributed by atoms with E-state index in [4.69, 9.17) is 33.9 Å². The lowest BCUT2D eigenvalue weighted by Gasteiger charge is -2.20. The number of ether oxygens (including phenoxy) is 2. The maximum atomic E-state index is 13.2. The second-order valence-electron chi connectivity index (χ2n) is 21.1. The smallest absolute Gasteiger partial charge is 0.313 e. The molecule has 0 aromatic carbocycles. The van der Waals surface area contributed by atoms with Crippen LogP contribution in [0.5, 0.6) is 0 Å². The molecule has 0 saturated carbocycles. The summed E-state index contributed by atoms with van der Waals surface area (Å²) in [4.78, 5) is 51.4. The summed E-state index contributed by atoms with van der Waals surface area (Å²) in [6, 6.07) is 0. The van der Waals surface area contributed by atoms with Gasteiger partial charge in [0.25, 0.3) is 0 Å². The normalized spacial score (nSPS) is 13.2. The second kappa shape index (κ2) is 51.6. The first kappa shape index (κ1) is 69.2. The minimum absolute atomic E-state index is 0.285. The summed E-state index contributed by atoms with van der Waals surface area (Å²) in [7, 11) is 0. The number of hydrogen-bond acceptors (Lipinski definition) is 8. The molecule has 0 radical (unpaired) electrons. The number of carbonyl (C=O) groups is 4. The monoisotopic (exact) mass is 1050 g/mol. The van der Waals surface area contributed by atoms with Crippen molar-refractivity contribution < 1.29 is 28.7 Å². The summed E-state index contributed by atoms with van der Waals surface area (Å²) in [6.45, 7) is 8.86. The summed E-state index contributed by atoms with van der Waals surface area (Å²) < 4.78 is 11.5. The fraction of sp³-hybridized carbons (Fsp3) is 0.900. The Kier molecular flexibility index (Phi) is 51.0. The fourth-order valence-electron chi connectivity index (χ4n) is 9.56. The first-order valence-electron chi connectivity index (χ1n) is 29.9. The van der Waals surface area contributed by atoms with Crippen LogP contribution in [0.25, 0.3) is 0 Å². The number of esters is 2. The molecule has 0 N–H and O–H groups in total. The molecule has 0 amide bonds. The van der Waals surface area contributed by atoms with Crippen LogP contribution in [0.15, 0.2) is 0 Å². The lowest BCUT2D eigenvalue weighted by Crippen LogP contribution is -2.31. The van der Waals surface area contributed by atoms with E-state index in [1.165, 1.54) is 180 Å². The molecule has 0 aliphatic heterocycles. The van der Waals surface area contributed by atoms with Gasteiger partial charge in [0.05, 0.1) is 36.9 Å². The van der Waals surface area contributed by atoms with Gasteiger partial charge in [-0.1, -0.05) is 295 Å². The highest BCUT2D eigenvalue weighted by atomic mass is 32.1. The topological polar surface area (TPSA) is 86.7 Å². The first-order chi connectivity index (χ1) is 34.0. The van der Waals surface area contributed by atoms with E-state index in [-0.39, 0.29) is 22.2 Å². The van der Waals surface area contributed by atoms with Crippen molar-refractivity contribution in [3.05, 3.63) is 0 Å². The molecule has 70 heavy (non-hydrogen) atoms. The third-order valence-electron chi connectivity index (χ3n) is 14.6. The molecule has 0 aliphatic carbocycles. The Morgan fingerprint density at radius 3 is 0.714 bits per heavy atom. The Bertz CT molecular complexity index is 1200. The van der Waals surface area contributed by atoms with Crippen molar-refractivity contribution in [3.8, 4) is 0 Å². The quantitative estimate of drug-likeness (QED) is 0.0270. The Balaban J connectivity index is 4.25. The standard InChI is InChI=1S/C60H110O6S4/c1-5-7-9-11-13-15-17-19-21-23-25-29-33-37-41-45-49-65-57(61)53(55(67)51(3)59(63)69)47-43-39-35-31-27-28-32-36-40-44-48-54(56(68)52(4)60(64)70)58(62)66-50-46-42-38-34-30-26-24-22-20-18-16-14-12-10-8-6-2/h51-54H,5-50H2,1-4H3,(H,63,69)(H,64,70). The molecule has 0 saturated heterocycles. The van der Waals surface area contributed by atoms with Gasteiger partial charge in [-0.15, -0.1) is 25.3 Å². The van der Waals surface area contributed by atoms with Crippen LogP contribution in [0, 0.1) is 23.7 Å². The Morgan fingerprint density at radius 1 is 0.329 bits per heavy atom. The van der Waals surface area contributed by atoms with Crippen molar-refractivity contribution in [1.82, 2.24) is 0 Å². The van der Waals surface area contributed by atoms with Crippen LogP contribution in [0.4, 0.5) is 0 Å². The molecule has 0 spiro atoms. The van der Waals surface area contributed by atoms with Gasteiger partial charge in [0.1, 0.15) is 0 Å². The van der Waals surface area contributed by atoms with Crippen LogP contribution in [0.2, 0.25) is 0 Å². The molecule has 0 bridgehead atoms. The molecule has 410 valence electrons. The molecule has 0 aliphatic rings. The van der Waals surface area contributed by atoms with E-state index in [0.29, 0.717) is 35.8 Å². The van der Waals surface area contributed by atoms with Crippen LogP contribution in [0.3, 0.4) is 0 Å². The zero-order valence-electron chi connectivity index (χ0n) is 46.0. The molecule has 0 aromatic rings. The van der Waals surface area contributed by atoms with Gasteiger partial charge in [-0.2, -0.15) is 0 Å². The van der Waals surface area contributed by atoms with Crippen molar-refractivity contribution in [2.24, 2.45) is 23.7 Å². The van der Waals surface area contributed by atoms with Crippen LogP contribution in [-0.2, 0) is 28.7 Å². The predicted molar refractivity (Wildman–Crippen MR) is 315 cm³/mol. The van der Waals surface area contributed by atoms with E-state index in [2.05, 4.69) is 39.1 Å². The highest BCUT2D eigenvalue weighted by Crippen LogP contribution is 2.24. The third kappa shape index (κ3) is 41.5. The Morgan fingerprint density at radius 2 is 0.514 bits per heavy atom. The van der Waals surface area contributed by atoms with E-state index < -0.39 is 23.7 Å². The van der Waals surface area contributed by atoms with Gasteiger partial charge in [-0.25, -0.2) is 0 Å². The number of thiocarbonyl (C=S) groups is 2. The predicted octanol–water partition coefficient (Wildman–Crippen LogP) is 19.4. The van der Waals surface area contributed by atoms with Gasteiger partial charge in [0.15, 0.2) is 10.2 Å². The molecule has 0 aromatic heterocycles. The number of unbranched alkanes of at least 4 members (excludes halogenated alkanes) is 39. The molecular formula is C60H110O6S4. The molecular weight excluding hydrogens is 945 g/mol. The molecule has 10 heteroatoms. The minimum atomic E-state index is -0.554. The van der Waals surface area contributed by atoms with Crippen molar-refractivity contribution in [3.63, 3.8) is 0 Å². The summed E-state index contributed by atoms with van der Waals surface area (Å²) in [5.41, 5.74) is 0. The van der Waals surface area contributed by atoms with Crippen LogP contribution in [-0.4, -0.2) is 45.1 Å². The average molecular weight is 1060 g/mol. The second-order valence-corrected chi connectivity index (χ2v) is 22.9. The molecule has 4 unspecified atom stereocenters. The van der Waals surface area contributed by atoms with E-state index in [1.54, 1.807) is 13.8 Å². The fourth-order valence-corrected chi connectivity index (χ4v) is 10.7. The van der Waals surface area contributed by atoms with Crippen LogP contribution >= 0.6 is 49.7 Å². The maximum absolute atomic E-state index is 13.2. The number of thiol groups is 2. The highest BCUT2D eigenvalue weighted by molar-refractivity contribution is 7.97. The number of carbonyl (C=O) groups excluding carboxylic acids is 4. The molecule has 4 atom stereocenters. The van der Waals surface area contributed by atoms with E-state index in [9.17, 15) is 19.2 Å². The first-order valence-corrected chi connectivity index (χ1v) is 31.6. The Hall–Kier alpha value is -0.840. The van der Waals surface area contributed by atoms with Gasteiger partial charge >= 0.3 is 11.9 Å². The average Bonchev–Trinajstić information content (AvgIpc) is 3.34. The molecule has 0 rings (SSSR count). The molecule has 0 heterocycles. The molecule has 6 nitrogen and oxygen atoms in total. The SMILES string of the molecule is CCCCCCCCCCCCCCCCCCOC(=O)C(CCCCCCCCCCCCC(C(=O)OCCCCCCCCCCCCCCCCCC)C(=S)C(C)C(=O)S)C(=S)C(C)C(=O)S. The van der Waals surface area contributed by atoms with Gasteiger partial charge in [0.2, 0.25) is 0 Å².